The van der Waals surface area contributed by atoms with Crippen molar-refractivity contribution in [2.45, 2.75) is 43.0 Å². The van der Waals surface area contributed by atoms with E-state index in [0.29, 0.717) is 17.7 Å². The molecule has 30 heavy (non-hydrogen) atoms. The Bertz CT molecular complexity index is 1010. The Kier molecular flexibility index (Phi) is 6.47. The minimum atomic E-state index is -3.92. The molecule has 3 rings (SSSR count). The molecule has 1 amide bonds. The molecule has 6 nitrogen and oxygen atoms in total. The van der Waals surface area contributed by atoms with Gasteiger partial charge in [-0.15, -0.1) is 0 Å². The Morgan fingerprint density at radius 2 is 1.73 bits per heavy atom. The van der Waals surface area contributed by atoms with Gasteiger partial charge in [0.05, 0.1) is 4.90 Å². The van der Waals surface area contributed by atoms with Crippen molar-refractivity contribution in [2.75, 3.05) is 25.4 Å². The number of hydrogen-bond donors (Lipinski definition) is 2. The summed E-state index contributed by atoms with van der Waals surface area (Å²) in [4.78, 5) is 15.0. The molecular formula is C22H28FN3O3S. The Balaban J connectivity index is 1.78. The van der Waals surface area contributed by atoms with Crippen molar-refractivity contribution >= 4 is 21.6 Å². The molecule has 1 aliphatic carbocycles. The normalized spacial score (nSPS) is 15.9. The van der Waals surface area contributed by atoms with Gasteiger partial charge in [-0.1, -0.05) is 18.9 Å². The Morgan fingerprint density at radius 3 is 2.33 bits per heavy atom. The third kappa shape index (κ3) is 4.82. The second-order valence-electron chi connectivity index (χ2n) is 8.10. The number of halogens is 1. The van der Waals surface area contributed by atoms with E-state index in [2.05, 4.69) is 14.9 Å². The van der Waals surface area contributed by atoms with Crippen molar-refractivity contribution in [2.24, 2.45) is 0 Å². The number of aryl methyl sites for hydroxylation is 1. The van der Waals surface area contributed by atoms with Gasteiger partial charge in [-0.05, 0) is 75.8 Å². The van der Waals surface area contributed by atoms with Crippen LogP contribution in [0.2, 0.25) is 0 Å². The lowest BCUT2D eigenvalue weighted by molar-refractivity contribution is 0.0899. The van der Waals surface area contributed by atoms with Crippen LogP contribution in [0.1, 0.15) is 41.6 Å². The molecule has 0 unspecified atom stereocenters. The number of benzene rings is 2. The fraction of sp³-hybridized carbons (Fsp3) is 0.409. The second-order valence-corrected chi connectivity index (χ2v) is 9.78. The summed E-state index contributed by atoms with van der Waals surface area (Å²) < 4.78 is 41.0. The van der Waals surface area contributed by atoms with Crippen LogP contribution in [0.3, 0.4) is 0 Å². The number of likely N-dealkylation sites (N-methyl/N-ethyl adjacent to an activating group) is 1. The number of carbonyl (C=O) groups is 1. The summed E-state index contributed by atoms with van der Waals surface area (Å²) in [6.07, 6.45) is 4.32. The first-order chi connectivity index (χ1) is 14.1. The molecule has 1 aliphatic rings. The summed E-state index contributed by atoms with van der Waals surface area (Å²) in [7, 11) is 0.134. The molecule has 0 spiro atoms. The predicted octanol–water partition coefficient (Wildman–Crippen LogP) is 3.54. The number of nitrogens with one attached hydrogen (secondary N) is 2. The molecule has 0 saturated heterocycles. The molecule has 162 valence electrons. The topological polar surface area (TPSA) is 78.5 Å². The van der Waals surface area contributed by atoms with E-state index in [1.807, 2.05) is 14.1 Å². The zero-order valence-corrected chi connectivity index (χ0v) is 18.4. The first-order valence-electron chi connectivity index (χ1n) is 9.98. The molecule has 2 aromatic carbocycles. The molecular weight excluding hydrogens is 405 g/mol. The Morgan fingerprint density at radius 1 is 1.10 bits per heavy atom. The van der Waals surface area contributed by atoms with Gasteiger partial charge in [0.15, 0.2) is 0 Å². The molecule has 0 atom stereocenters. The van der Waals surface area contributed by atoms with Gasteiger partial charge in [-0.2, -0.15) is 0 Å². The summed E-state index contributed by atoms with van der Waals surface area (Å²) >= 11 is 0. The molecule has 1 fully saturated rings. The summed E-state index contributed by atoms with van der Waals surface area (Å²) in [6, 6.07) is 9.49. The average molecular weight is 434 g/mol. The van der Waals surface area contributed by atoms with Crippen LogP contribution in [-0.2, 0) is 10.0 Å². The standard InChI is InChI=1S/C22H28FN3O3S/c1-16-6-11-19(30(28,29)25-18-9-7-17(23)8-10-18)14-20(16)21(27)24-15-22(26(2)3)12-4-5-13-22/h6-11,14,25H,4-5,12-13,15H2,1-3H3,(H,24,27). The van der Waals surface area contributed by atoms with Crippen molar-refractivity contribution in [3.05, 3.63) is 59.4 Å². The van der Waals surface area contributed by atoms with Crippen LogP contribution in [0.25, 0.3) is 0 Å². The zero-order valence-electron chi connectivity index (χ0n) is 17.5. The van der Waals surface area contributed by atoms with Gasteiger partial charge < -0.3 is 10.2 Å². The van der Waals surface area contributed by atoms with Crippen LogP contribution in [0, 0.1) is 12.7 Å². The summed E-state index contributed by atoms with van der Waals surface area (Å²) in [5.41, 5.74) is 1.21. The van der Waals surface area contributed by atoms with Gasteiger partial charge in [0.2, 0.25) is 0 Å². The number of anilines is 1. The number of nitrogens with zero attached hydrogens (tertiary/aromatic N) is 1. The number of hydrogen-bond acceptors (Lipinski definition) is 4. The maximum atomic E-state index is 13.1. The third-order valence-electron chi connectivity index (χ3n) is 5.92. The molecule has 0 aliphatic heterocycles. The smallest absolute Gasteiger partial charge is 0.261 e. The van der Waals surface area contributed by atoms with E-state index >= 15 is 0 Å². The first kappa shape index (κ1) is 22.2. The molecule has 0 heterocycles. The summed E-state index contributed by atoms with van der Waals surface area (Å²) in [5.74, 6) is -0.746. The second kappa shape index (κ2) is 8.73. The Hall–Kier alpha value is -2.45. The lowest BCUT2D eigenvalue weighted by Crippen LogP contribution is -2.50. The highest BCUT2D eigenvalue weighted by Crippen LogP contribution is 2.33. The van der Waals surface area contributed by atoms with Crippen LogP contribution < -0.4 is 10.0 Å². The van der Waals surface area contributed by atoms with Crippen molar-refractivity contribution in [3.63, 3.8) is 0 Å². The van der Waals surface area contributed by atoms with Crippen molar-refractivity contribution in [1.29, 1.82) is 0 Å². The lowest BCUT2D eigenvalue weighted by Gasteiger charge is -2.36. The van der Waals surface area contributed by atoms with E-state index in [0.717, 1.165) is 25.7 Å². The van der Waals surface area contributed by atoms with Gasteiger partial charge >= 0.3 is 0 Å². The molecule has 1 saturated carbocycles. The highest BCUT2D eigenvalue weighted by atomic mass is 32.2. The molecule has 8 heteroatoms. The van der Waals surface area contributed by atoms with Gasteiger partial charge in [0.25, 0.3) is 15.9 Å². The summed E-state index contributed by atoms with van der Waals surface area (Å²) in [6.45, 7) is 2.29. The quantitative estimate of drug-likeness (QED) is 0.700. The first-order valence-corrected chi connectivity index (χ1v) is 11.5. The van der Waals surface area contributed by atoms with Crippen LogP contribution in [0.15, 0.2) is 47.4 Å². The van der Waals surface area contributed by atoms with E-state index in [1.54, 1.807) is 13.0 Å². The molecule has 0 radical (unpaired) electrons. The number of carbonyl (C=O) groups excluding carboxylic acids is 1. The van der Waals surface area contributed by atoms with E-state index < -0.39 is 15.8 Å². The zero-order chi connectivity index (χ0) is 21.9. The van der Waals surface area contributed by atoms with Crippen LogP contribution >= 0.6 is 0 Å². The van der Waals surface area contributed by atoms with E-state index in [9.17, 15) is 17.6 Å². The van der Waals surface area contributed by atoms with Crippen molar-refractivity contribution in [1.82, 2.24) is 10.2 Å². The minimum Gasteiger partial charge on any atom is -0.350 e. The van der Waals surface area contributed by atoms with E-state index in [-0.39, 0.29) is 22.0 Å². The maximum Gasteiger partial charge on any atom is 0.261 e. The average Bonchev–Trinajstić information content (AvgIpc) is 3.18. The van der Waals surface area contributed by atoms with Crippen LogP contribution in [0.4, 0.5) is 10.1 Å². The van der Waals surface area contributed by atoms with E-state index in [1.165, 1.54) is 36.4 Å². The monoisotopic (exact) mass is 433 g/mol. The fourth-order valence-corrected chi connectivity index (χ4v) is 4.98. The largest absolute Gasteiger partial charge is 0.350 e. The van der Waals surface area contributed by atoms with Crippen LogP contribution in [0.5, 0.6) is 0 Å². The number of sulfonamides is 1. The Labute approximate surface area is 177 Å². The molecule has 2 aromatic rings. The number of amides is 1. The molecule has 0 aromatic heterocycles. The van der Waals surface area contributed by atoms with Gasteiger partial charge in [0, 0.05) is 23.3 Å². The summed E-state index contributed by atoms with van der Waals surface area (Å²) in [5, 5.41) is 3.00. The van der Waals surface area contributed by atoms with Gasteiger partial charge in [-0.3, -0.25) is 9.52 Å². The highest BCUT2D eigenvalue weighted by Gasteiger charge is 2.36. The minimum absolute atomic E-state index is 0.0224. The van der Waals surface area contributed by atoms with Crippen LogP contribution in [-0.4, -0.2) is 45.4 Å². The third-order valence-corrected chi connectivity index (χ3v) is 7.30. The maximum absolute atomic E-state index is 13.1. The predicted molar refractivity (Wildman–Crippen MR) is 116 cm³/mol. The number of rotatable bonds is 7. The SMILES string of the molecule is Cc1ccc(S(=O)(=O)Nc2ccc(F)cc2)cc1C(=O)NCC1(N(C)C)CCCC1. The molecule has 0 bridgehead atoms. The van der Waals surface area contributed by atoms with Gasteiger partial charge in [-0.25, -0.2) is 12.8 Å². The van der Waals surface area contributed by atoms with Gasteiger partial charge in [0.1, 0.15) is 5.82 Å². The van der Waals surface area contributed by atoms with Crippen molar-refractivity contribution in [3.8, 4) is 0 Å². The molecule has 2 N–H and O–H groups in total. The lowest BCUT2D eigenvalue weighted by atomic mass is 9.95. The van der Waals surface area contributed by atoms with Crippen molar-refractivity contribution < 1.29 is 17.6 Å². The fourth-order valence-electron chi connectivity index (χ4n) is 3.90. The van der Waals surface area contributed by atoms with E-state index in [4.69, 9.17) is 0 Å². The highest BCUT2D eigenvalue weighted by molar-refractivity contribution is 7.92.